The van der Waals surface area contributed by atoms with E-state index in [1.165, 1.54) is 37.1 Å². The normalized spacial score (nSPS) is 15.4. The zero-order valence-electron chi connectivity index (χ0n) is 11.7. The fourth-order valence-electron chi connectivity index (χ4n) is 2.80. The van der Waals surface area contributed by atoms with Crippen molar-refractivity contribution in [3.8, 4) is 0 Å². The second-order valence-electron chi connectivity index (χ2n) is 5.32. The predicted octanol–water partition coefficient (Wildman–Crippen LogP) is 3.60. The molecule has 0 fully saturated rings. The lowest BCUT2D eigenvalue weighted by molar-refractivity contribution is 0.658. The first-order valence-corrected chi connectivity index (χ1v) is 7.94. The van der Waals surface area contributed by atoms with Crippen molar-refractivity contribution < 1.29 is 0 Å². The van der Waals surface area contributed by atoms with Crippen molar-refractivity contribution in [2.24, 2.45) is 0 Å². The monoisotopic (exact) mass is 275 g/mol. The smallest absolute Gasteiger partial charge is 0.194 e. The maximum Gasteiger partial charge on any atom is 0.194 e. The topological polar surface area (TPSA) is 29.3 Å². The maximum atomic E-state index is 4.62. The number of imidazole rings is 1. The molecule has 19 heavy (non-hydrogen) atoms. The summed E-state index contributed by atoms with van der Waals surface area (Å²) in [6.45, 7) is 6.24. The van der Waals surface area contributed by atoms with Gasteiger partial charge in [-0.25, -0.2) is 4.98 Å². The number of nitrogens with zero attached hydrogens (tertiary/aromatic N) is 2. The summed E-state index contributed by atoms with van der Waals surface area (Å²) in [5, 5.41) is 5.74. The van der Waals surface area contributed by atoms with Crippen LogP contribution in [0.15, 0.2) is 17.0 Å². The fraction of sp³-hybridized carbons (Fsp3) is 0.533. The van der Waals surface area contributed by atoms with E-state index in [-0.39, 0.29) is 0 Å². The van der Waals surface area contributed by atoms with Crippen molar-refractivity contribution in [1.29, 1.82) is 0 Å². The largest absolute Gasteiger partial charge is 0.311 e. The molecule has 4 heteroatoms. The number of hydrogen-bond donors (Lipinski definition) is 1. The molecule has 102 valence electrons. The van der Waals surface area contributed by atoms with Crippen LogP contribution < -0.4 is 5.32 Å². The summed E-state index contributed by atoms with van der Waals surface area (Å²) in [4.78, 5) is 5.74. The number of nitrogens with one attached hydrogen (secondary N) is 1. The molecule has 0 bridgehead atoms. The Labute approximate surface area is 118 Å². The molecular weight excluding hydrogens is 254 g/mol. The van der Waals surface area contributed by atoms with Crippen LogP contribution in [-0.2, 0) is 6.54 Å². The molecule has 0 saturated carbocycles. The van der Waals surface area contributed by atoms with Gasteiger partial charge < -0.3 is 5.32 Å². The molecule has 2 heterocycles. The van der Waals surface area contributed by atoms with Crippen LogP contribution in [0.2, 0.25) is 0 Å². The Bertz CT molecular complexity index is 606. The van der Waals surface area contributed by atoms with Gasteiger partial charge in [0.05, 0.1) is 11.4 Å². The van der Waals surface area contributed by atoms with Gasteiger partial charge in [0.25, 0.3) is 0 Å². The molecule has 3 rings (SSSR count). The van der Waals surface area contributed by atoms with E-state index in [2.05, 4.69) is 40.0 Å². The van der Waals surface area contributed by atoms with E-state index in [4.69, 9.17) is 0 Å². The molecule has 0 saturated heterocycles. The molecule has 0 atom stereocenters. The van der Waals surface area contributed by atoms with Crippen molar-refractivity contribution in [2.45, 2.75) is 46.1 Å². The van der Waals surface area contributed by atoms with Gasteiger partial charge >= 0.3 is 0 Å². The average Bonchev–Trinajstić information content (AvgIpc) is 3.07. The van der Waals surface area contributed by atoms with Gasteiger partial charge in [0, 0.05) is 17.6 Å². The van der Waals surface area contributed by atoms with Crippen LogP contribution in [0.25, 0.3) is 4.96 Å². The lowest BCUT2D eigenvalue weighted by atomic mass is 10.2. The van der Waals surface area contributed by atoms with Crippen LogP contribution in [0, 0.1) is 13.8 Å². The quantitative estimate of drug-likeness (QED) is 0.667. The van der Waals surface area contributed by atoms with Crippen molar-refractivity contribution in [3.63, 3.8) is 0 Å². The summed E-state index contributed by atoms with van der Waals surface area (Å²) in [7, 11) is 0. The third-order valence-electron chi connectivity index (χ3n) is 3.88. The summed E-state index contributed by atoms with van der Waals surface area (Å²) in [5.74, 6) is 0. The van der Waals surface area contributed by atoms with E-state index in [1.54, 1.807) is 16.9 Å². The molecule has 1 aliphatic rings. The van der Waals surface area contributed by atoms with Gasteiger partial charge in [0.2, 0.25) is 0 Å². The third kappa shape index (κ3) is 2.60. The molecule has 0 aromatic carbocycles. The number of thiazole rings is 1. The van der Waals surface area contributed by atoms with Gasteiger partial charge in [0.15, 0.2) is 4.96 Å². The Hall–Kier alpha value is -1.13. The third-order valence-corrected chi connectivity index (χ3v) is 4.82. The highest BCUT2D eigenvalue weighted by Gasteiger charge is 2.11. The highest BCUT2D eigenvalue weighted by Crippen LogP contribution is 2.21. The molecule has 2 aromatic heterocycles. The molecular formula is C15H21N3S. The first kappa shape index (κ1) is 12.9. The first-order chi connectivity index (χ1) is 9.25. The number of rotatable bonds is 5. The lowest BCUT2D eigenvalue weighted by Crippen LogP contribution is -2.17. The fourth-order valence-corrected chi connectivity index (χ4v) is 3.73. The minimum atomic E-state index is 0.915. The molecule has 3 nitrogen and oxygen atoms in total. The zero-order chi connectivity index (χ0) is 13.2. The number of aryl methyl sites for hydroxylation is 2. The molecule has 0 radical (unpaired) electrons. The van der Waals surface area contributed by atoms with E-state index >= 15 is 0 Å². The Morgan fingerprint density at radius 2 is 2.32 bits per heavy atom. The molecule has 0 spiro atoms. The Morgan fingerprint density at radius 3 is 3.11 bits per heavy atom. The number of fused-ring (bicyclic) bond motifs is 1. The highest BCUT2D eigenvalue weighted by molar-refractivity contribution is 7.15. The Morgan fingerprint density at radius 1 is 1.42 bits per heavy atom. The summed E-state index contributed by atoms with van der Waals surface area (Å²) < 4.78 is 2.28. The van der Waals surface area contributed by atoms with Gasteiger partial charge in [-0.05, 0) is 46.1 Å². The number of aromatic nitrogens is 2. The predicted molar refractivity (Wildman–Crippen MR) is 80.8 cm³/mol. The van der Waals surface area contributed by atoms with Gasteiger partial charge in [-0.1, -0.05) is 11.6 Å². The summed E-state index contributed by atoms with van der Waals surface area (Å²) >= 11 is 1.72. The molecule has 1 N–H and O–H groups in total. The van der Waals surface area contributed by atoms with Crippen molar-refractivity contribution >= 4 is 16.3 Å². The number of allylic oxidation sites excluding steroid dienone is 1. The van der Waals surface area contributed by atoms with Crippen LogP contribution in [-0.4, -0.2) is 15.9 Å². The standard InChI is InChI=1S/C15H21N3S/c1-11-10-19-15-17-12(2)14(18(11)15)9-16-8-7-13-5-3-4-6-13/h5,10,16H,3-4,6-9H2,1-2H3. The van der Waals surface area contributed by atoms with Crippen molar-refractivity contribution in [2.75, 3.05) is 6.54 Å². The van der Waals surface area contributed by atoms with Crippen LogP contribution in [0.5, 0.6) is 0 Å². The summed E-state index contributed by atoms with van der Waals surface area (Å²) in [6.07, 6.45) is 7.55. The number of hydrogen-bond acceptors (Lipinski definition) is 3. The molecule has 0 aliphatic heterocycles. The van der Waals surface area contributed by atoms with Crippen LogP contribution in [0.1, 0.15) is 42.8 Å². The molecule has 0 amide bonds. The van der Waals surface area contributed by atoms with Gasteiger partial charge in [-0.15, -0.1) is 11.3 Å². The van der Waals surface area contributed by atoms with E-state index in [1.807, 2.05) is 0 Å². The zero-order valence-corrected chi connectivity index (χ0v) is 12.5. The summed E-state index contributed by atoms with van der Waals surface area (Å²) in [5.41, 5.74) is 5.39. The molecule has 1 aliphatic carbocycles. The van der Waals surface area contributed by atoms with Crippen LogP contribution in [0.3, 0.4) is 0 Å². The average molecular weight is 275 g/mol. The highest BCUT2D eigenvalue weighted by atomic mass is 32.1. The lowest BCUT2D eigenvalue weighted by Gasteiger charge is -2.06. The van der Waals surface area contributed by atoms with Crippen LogP contribution in [0.4, 0.5) is 0 Å². The van der Waals surface area contributed by atoms with Gasteiger partial charge in [-0.3, -0.25) is 4.40 Å². The van der Waals surface area contributed by atoms with E-state index < -0.39 is 0 Å². The summed E-state index contributed by atoms with van der Waals surface area (Å²) in [6, 6.07) is 0. The van der Waals surface area contributed by atoms with E-state index in [0.29, 0.717) is 0 Å². The second-order valence-corrected chi connectivity index (χ2v) is 6.16. The minimum Gasteiger partial charge on any atom is -0.311 e. The van der Waals surface area contributed by atoms with Crippen LogP contribution >= 0.6 is 11.3 Å². The Kier molecular flexibility index (Phi) is 3.71. The second kappa shape index (κ2) is 5.47. The van der Waals surface area contributed by atoms with Gasteiger partial charge in [-0.2, -0.15) is 0 Å². The Balaban J connectivity index is 1.61. The van der Waals surface area contributed by atoms with Crippen molar-refractivity contribution in [1.82, 2.24) is 14.7 Å². The minimum absolute atomic E-state index is 0.915. The maximum absolute atomic E-state index is 4.62. The molecule has 0 unspecified atom stereocenters. The van der Waals surface area contributed by atoms with E-state index in [0.717, 1.165) is 23.7 Å². The van der Waals surface area contributed by atoms with Gasteiger partial charge in [0.1, 0.15) is 0 Å². The first-order valence-electron chi connectivity index (χ1n) is 7.06. The van der Waals surface area contributed by atoms with E-state index in [9.17, 15) is 0 Å². The van der Waals surface area contributed by atoms with Crippen molar-refractivity contribution in [3.05, 3.63) is 34.1 Å². The molecule has 2 aromatic rings. The SMILES string of the molecule is Cc1nc2scc(C)n2c1CNCCC1=CCCC1.